The minimum atomic E-state index is -0.245. The third kappa shape index (κ3) is 4.51. The van der Waals surface area contributed by atoms with Crippen molar-refractivity contribution >= 4 is 29.2 Å². The highest BCUT2D eigenvalue weighted by Gasteiger charge is 2.25. The van der Waals surface area contributed by atoms with E-state index in [9.17, 15) is 14.4 Å². The zero-order valence-corrected chi connectivity index (χ0v) is 16.0. The van der Waals surface area contributed by atoms with Gasteiger partial charge in [0.15, 0.2) is 5.78 Å². The van der Waals surface area contributed by atoms with Gasteiger partial charge < -0.3 is 14.7 Å². The molecule has 1 aromatic carbocycles. The van der Waals surface area contributed by atoms with Crippen LogP contribution >= 0.6 is 0 Å². The standard InChI is InChI=1S/C20H23N5O3/c1-15(26)17-5-3-6-18(13-17)25(16(2)27)14-19(28)23-9-11-24(12-10-23)20-21-7-4-8-22-20/h3-8,13H,9-12,14H2,1-2H3. The molecule has 0 spiro atoms. The normalized spacial score (nSPS) is 13.9. The van der Waals surface area contributed by atoms with Gasteiger partial charge in [-0.2, -0.15) is 0 Å². The zero-order chi connectivity index (χ0) is 20.1. The maximum atomic E-state index is 12.8. The molecule has 0 radical (unpaired) electrons. The molecule has 8 nitrogen and oxygen atoms in total. The lowest BCUT2D eigenvalue weighted by Crippen LogP contribution is -2.52. The van der Waals surface area contributed by atoms with E-state index >= 15 is 0 Å². The van der Waals surface area contributed by atoms with Gasteiger partial charge in [-0.1, -0.05) is 12.1 Å². The summed E-state index contributed by atoms with van der Waals surface area (Å²) in [6, 6.07) is 8.54. The van der Waals surface area contributed by atoms with Crippen LogP contribution in [-0.2, 0) is 9.59 Å². The lowest BCUT2D eigenvalue weighted by molar-refractivity contribution is -0.131. The summed E-state index contributed by atoms with van der Waals surface area (Å²) in [7, 11) is 0. The molecule has 2 amide bonds. The number of anilines is 2. The van der Waals surface area contributed by atoms with Gasteiger partial charge in [-0.3, -0.25) is 14.4 Å². The van der Waals surface area contributed by atoms with Gasteiger partial charge in [0.05, 0.1) is 0 Å². The van der Waals surface area contributed by atoms with Gasteiger partial charge in [0.25, 0.3) is 0 Å². The van der Waals surface area contributed by atoms with E-state index in [1.165, 1.54) is 18.7 Å². The molecule has 2 aromatic rings. The molecule has 28 heavy (non-hydrogen) atoms. The van der Waals surface area contributed by atoms with Gasteiger partial charge in [0.1, 0.15) is 6.54 Å². The van der Waals surface area contributed by atoms with Crippen LogP contribution in [0, 0.1) is 0 Å². The summed E-state index contributed by atoms with van der Waals surface area (Å²) in [6.07, 6.45) is 3.39. The van der Waals surface area contributed by atoms with Gasteiger partial charge in [-0.15, -0.1) is 0 Å². The molecule has 0 atom stereocenters. The van der Waals surface area contributed by atoms with Crippen LogP contribution < -0.4 is 9.80 Å². The summed E-state index contributed by atoms with van der Waals surface area (Å²) < 4.78 is 0. The van der Waals surface area contributed by atoms with Gasteiger partial charge in [0, 0.05) is 56.7 Å². The molecule has 0 N–H and O–H groups in total. The number of Topliss-reactive ketones (excluding diaryl/α,β-unsaturated/α-hetero) is 1. The summed E-state index contributed by atoms with van der Waals surface area (Å²) in [6.45, 7) is 5.17. The van der Waals surface area contributed by atoms with E-state index in [0.717, 1.165) is 0 Å². The lowest BCUT2D eigenvalue weighted by atomic mass is 10.1. The van der Waals surface area contributed by atoms with Crippen molar-refractivity contribution < 1.29 is 14.4 Å². The van der Waals surface area contributed by atoms with Crippen LogP contribution in [0.1, 0.15) is 24.2 Å². The first-order valence-electron chi connectivity index (χ1n) is 9.14. The SMILES string of the molecule is CC(=O)c1cccc(N(CC(=O)N2CCN(c3ncccn3)CC2)C(C)=O)c1. The first-order valence-corrected chi connectivity index (χ1v) is 9.14. The summed E-state index contributed by atoms with van der Waals surface area (Å²) in [5.41, 5.74) is 1.05. The van der Waals surface area contributed by atoms with Crippen molar-refractivity contribution in [1.82, 2.24) is 14.9 Å². The fourth-order valence-electron chi connectivity index (χ4n) is 3.12. The van der Waals surface area contributed by atoms with Crippen molar-refractivity contribution in [3.8, 4) is 0 Å². The molecule has 1 aliphatic heterocycles. The quantitative estimate of drug-likeness (QED) is 0.728. The van der Waals surface area contributed by atoms with Crippen LogP contribution in [0.2, 0.25) is 0 Å². The first-order chi connectivity index (χ1) is 13.5. The molecule has 1 fully saturated rings. The summed E-state index contributed by atoms with van der Waals surface area (Å²) >= 11 is 0. The molecule has 2 heterocycles. The monoisotopic (exact) mass is 381 g/mol. The van der Waals surface area contributed by atoms with Crippen molar-refractivity contribution in [2.24, 2.45) is 0 Å². The summed E-state index contributed by atoms with van der Waals surface area (Å²) in [4.78, 5) is 50.2. The Labute approximate surface area is 163 Å². The number of nitrogens with zero attached hydrogens (tertiary/aromatic N) is 5. The van der Waals surface area contributed by atoms with Crippen LogP contribution in [0.4, 0.5) is 11.6 Å². The van der Waals surface area contributed by atoms with E-state index in [0.29, 0.717) is 43.4 Å². The van der Waals surface area contributed by atoms with Crippen LogP contribution in [0.15, 0.2) is 42.7 Å². The maximum Gasteiger partial charge on any atom is 0.242 e. The Bertz CT molecular complexity index is 863. The van der Waals surface area contributed by atoms with Gasteiger partial charge >= 0.3 is 0 Å². The van der Waals surface area contributed by atoms with Gasteiger partial charge in [-0.25, -0.2) is 9.97 Å². The van der Waals surface area contributed by atoms with Gasteiger partial charge in [-0.05, 0) is 25.1 Å². The van der Waals surface area contributed by atoms with Crippen molar-refractivity contribution in [2.75, 3.05) is 42.5 Å². The molecule has 0 bridgehead atoms. The van der Waals surface area contributed by atoms with Crippen molar-refractivity contribution in [1.29, 1.82) is 0 Å². The molecular formula is C20H23N5O3. The van der Waals surface area contributed by atoms with Crippen LogP contribution in [0.5, 0.6) is 0 Å². The Morgan fingerprint density at radius 1 is 1.00 bits per heavy atom. The summed E-state index contributed by atoms with van der Waals surface area (Å²) in [5.74, 6) is 0.194. The number of benzene rings is 1. The molecule has 0 saturated carbocycles. The number of carbonyl (C=O) groups excluding carboxylic acids is 3. The van der Waals surface area contributed by atoms with Crippen molar-refractivity contribution in [3.05, 3.63) is 48.3 Å². The Morgan fingerprint density at radius 3 is 2.29 bits per heavy atom. The molecule has 1 saturated heterocycles. The number of piperazine rings is 1. The molecule has 0 unspecified atom stereocenters. The predicted octanol–water partition coefficient (Wildman–Crippen LogP) is 1.38. The predicted molar refractivity (Wildman–Crippen MR) is 105 cm³/mol. The number of hydrogen-bond donors (Lipinski definition) is 0. The second kappa shape index (κ2) is 8.60. The highest BCUT2D eigenvalue weighted by molar-refractivity contribution is 6.00. The average Bonchev–Trinajstić information content (AvgIpc) is 2.72. The number of amides is 2. The van der Waals surface area contributed by atoms with Crippen LogP contribution in [-0.4, -0.2) is 65.2 Å². The molecule has 1 aliphatic rings. The zero-order valence-electron chi connectivity index (χ0n) is 16.0. The van der Waals surface area contributed by atoms with Crippen LogP contribution in [0.25, 0.3) is 0 Å². The van der Waals surface area contributed by atoms with E-state index in [4.69, 9.17) is 0 Å². The molecule has 0 aliphatic carbocycles. The van der Waals surface area contributed by atoms with E-state index in [2.05, 4.69) is 9.97 Å². The Kier molecular flexibility index (Phi) is 5.98. The fourth-order valence-corrected chi connectivity index (χ4v) is 3.12. The Morgan fingerprint density at radius 2 is 1.68 bits per heavy atom. The van der Waals surface area contributed by atoms with Crippen molar-refractivity contribution in [2.45, 2.75) is 13.8 Å². The largest absolute Gasteiger partial charge is 0.338 e. The average molecular weight is 381 g/mol. The van der Waals surface area contributed by atoms with E-state index in [1.54, 1.807) is 47.6 Å². The Balaban J connectivity index is 1.65. The second-order valence-corrected chi connectivity index (χ2v) is 6.63. The van der Waals surface area contributed by atoms with E-state index < -0.39 is 0 Å². The van der Waals surface area contributed by atoms with Crippen LogP contribution in [0.3, 0.4) is 0 Å². The number of carbonyl (C=O) groups is 3. The number of hydrogen-bond acceptors (Lipinski definition) is 6. The fraction of sp³-hybridized carbons (Fsp3) is 0.350. The minimum absolute atomic E-state index is 0.0570. The lowest BCUT2D eigenvalue weighted by Gasteiger charge is -2.35. The highest BCUT2D eigenvalue weighted by atomic mass is 16.2. The van der Waals surface area contributed by atoms with E-state index in [1.807, 2.05) is 4.90 Å². The highest BCUT2D eigenvalue weighted by Crippen LogP contribution is 2.18. The Hall–Kier alpha value is -3.29. The smallest absolute Gasteiger partial charge is 0.242 e. The summed E-state index contributed by atoms with van der Waals surface area (Å²) in [5, 5.41) is 0. The maximum absolute atomic E-state index is 12.8. The van der Waals surface area contributed by atoms with E-state index in [-0.39, 0.29) is 24.1 Å². The molecule has 8 heteroatoms. The number of rotatable bonds is 5. The van der Waals surface area contributed by atoms with Crippen molar-refractivity contribution in [3.63, 3.8) is 0 Å². The third-order valence-electron chi connectivity index (χ3n) is 4.71. The molecular weight excluding hydrogens is 358 g/mol. The topological polar surface area (TPSA) is 86.7 Å². The third-order valence-corrected chi connectivity index (χ3v) is 4.71. The molecule has 1 aromatic heterocycles. The molecule has 146 valence electrons. The second-order valence-electron chi connectivity index (χ2n) is 6.63. The first kappa shape index (κ1) is 19.5. The molecule has 3 rings (SSSR count). The minimum Gasteiger partial charge on any atom is -0.338 e. The van der Waals surface area contributed by atoms with Gasteiger partial charge in [0.2, 0.25) is 17.8 Å². The number of aromatic nitrogens is 2. The number of ketones is 1.